The molecule has 3 aromatic carbocycles. The van der Waals surface area contributed by atoms with E-state index in [1.165, 1.54) is 24.9 Å². The number of carbonyl (C=O) groups is 2. The summed E-state index contributed by atoms with van der Waals surface area (Å²) in [6, 6.07) is 23.5. The van der Waals surface area contributed by atoms with Crippen molar-refractivity contribution in [1.82, 2.24) is 5.32 Å². The van der Waals surface area contributed by atoms with E-state index in [2.05, 4.69) is 47.5 Å². The van der Waals surface area contributed by atoms with Crippen LogP contribution in [0.5, 0.6) is 0 Å². The fraction of sp³-hybridized carbons (Fsp3) is 0.333. The number of para-hydroxylation sites is 1. The second kappa shape index (κ2) is 11.7. The number of ether oxygens (including phenoxy) is 1. The summed E-state index contributed by atoms with van der Waals surface area (Å²) >= 11 is 0. The molecule has 0 radical (unpaired) electrons. The average Bonchev–Trinajstić information content (AvgIpc) is 2.89. The van der Waals surface area contributed by atoms with E-state index in [1.54, 1.807) is 19.1 Å². The number of hydrogen-bond donors (Lipinski definition) is 1. The van der Waals surface area contributed by atoms with Gasteiger partial charge in [-0.25, -0.2) is 4.79 Å². The Kier molecular flexibility index (Phi) is 8.19. The van der Waals surface area contributed by atoms with Crippen LogP contribution in [0.3, 0.4) is 0 Å². The van der Waals surface area contributed by atoms with Gasteiger partial charge in [-0.3, -0.25) is 4.79 Å². The second-order valence-corrected chi connectivity index (χ2v) is 9.06. The second-order valence-electron chi connectivity index (χ2n) is 9.06. The Morgan fingerprint density at radius 2 is 1.54 bits per heavy atom. The van der Waals surface area contributed by atoms with E-state index in [0.29, 0.717) is 12.2 Å². The van der Waals surface area contributed by atoms with Gasteiger partial charge in [0.25, 0.3) is 0 Å². The van der Waals surface area contributed by atoms with Gasteiger partial charge in [-0.15, -0.1) is 0 Å². The first kappa shape index (κ1) is 24.5. The normalized spacial score (nSPS) is 14.3. The summed E-state index contributed by atoms with van der Waals surface area (Å²) in [5.41, 5.74) is 5.90. The Hall–Kier alpha value is -3.60. The molecule has 0 aliphatic carbocycles. The van der Waals surface area contributed by atoms with Crippen molar-refractivity contribution in [2.75, 3.05) is 24.6 Å². The molecule has 182 valence electrons. The highest BCUT2D eigenvalue weighted by molar-refractivity contribution is 5.89. The van der Waals surface area contributed by atoms with Crippen molar-refractivity contribution >= 4 is 17.6 Å². The van der Waals surface area contributed by atoms with Crippen molar-refractivity contribution in [3.05, 3.63) is 101 Å². The van der Waals surface area contributed by atoms with E-state index in [9.17, 15) is 9.59 Å². The predicted molar refractivity (Wildman–Crippen MR) is 140 cm³/mol. The molecule has 1 aliphatic rings. The molecule has 0 aromatic heterocycles. The SMILES string of the molecule is CCOC(=O)c1ccc(CC(=O)NC(c2ccccc2C)c2ccccc2N2CCCCC2)cc1. The van der Waals surface area contributed by atoms with Gasteiger partial charge in [-0.1, -0.05) is 54.6 Å². The molecule has 1 amide bonds. The van der Waals surface area contributed by atoms with Gasteiger partial charge in [0.2, 0.25) is 5.91 Å². The predicted octanol–water partition coefficient (Wildman–Crippen LogP) is 5.61. The molecule has 0 bridgehead atoms. The molecule has 0 spiro atoms. The van der Waals surface area contributed by atoms with Gasteiger partial charge in [-0.05, 0) is 68.0 Å². The number of nitrogens with zero attached hydrogens (tertiary/aromatic N) is 1. The van der Waals surface area contributed by atoms with Crippen LogP contribution in [0, 0.1) is 6.92 Å². The number of carbonyl (C=O) groups excluding carboxylic acids is 2. The van der Waals surface area contributed by atoms with Crippen LogP contribution in [0.1, 0.15) is 64.8 Å². The van der Waals surface area contributed by atoms with Crippen molar-refractivity contribution in [3.63, 3.8) is 0 Å². The summed E-state index contributed by atoms with van der Waals surface area (Å²) < 4.78 is 5.05. The molecule has 1 saturated heterocycles. The summed E-state index contributed by atoms with van der Waals surface area (Å²) in [5.74, 6) is -0.409. The van der Waals surface area contributed by atoms with Crippen LogP contribution < -0.4 is 10.2 Å². The first-order valence-corrected chi connectivity index (χ1v) is 12.5. The van der Waals surface area contributed by atoms with Gasteiger partial charge < -0.3 is 15.0 Å². The van der Waals surface area contributed by atoms with Crippen LogP contribution in [0.15, 0.2) is 72.8 Å². The molecule has 1 atom stereocenters. The summed E-state index contributed by atoms with van der Waals surface area (Å²) in [5, 5.41) is 3.32. The Labute approximate surface area is 208 Å². The van der Waals surface area contributed by atoms with Crippen LogP contribution in [-0.2, 0) is 16.0 Å². The van der Waals surface area contributed by atoms with Gasteiger partial charge in [-0.2, -0.15) is 0 Å². The summed E-state index contributed by atoms with van der Waals surface area (Å²) in [6.45, 7) is 6.29. The van der Waals surface area contributed by atoms with E-state index < -0.39 is 0 Å². The topological polar surface area (TPSA) is 58.6 Å². The first-order valence-electron chi connectivity index (χ1n) is 12.5. The van der Waals surface area contributed by atoms with Gasteiger partial charge in [0.1, 0.15) is 0 Å². The Morgan fingerprint density at radius 1 is 0.886 bits per heavy atom. The van der Waals surface area contributed by atoms with Crippen LogP contribution in [0.2, 0.25) is 0 Å². The number of piperidine rings is 1. The van der Waals surface area contributed by atoms with Crippen molar-refractivity contribution in [1.29, 1.82) is 0 Å². The number of rotatable bonds is 8. The highest BCUT2D eigenvalue weighted by Crippen LogP contribution is 2.33. The van der Waals surface area contributed by atoms with Crippen LogP contribution in [-0.4, -0.2) is 31.6 Å². The summed E-state index contributed by atoms with van der Waals surface area (Å²) in [7, 11) is 0. The van der Waals surface area contributed by atoms with E-state index in [4.69, 9.17) is 4.74 Å². The number of amides is 1. The lowest BCUT2D eigenvalue weighted by atomic mass is 9.92. The standard InChI is InChI=1S/C30H34N2O3/c1-3-35-30(34)24-17-15-23(16-18-24)21-28(33)31-29(25-12-6-5-11-22(25)2)26-13-7-8-14-27(26)32-19-9-4-10-20-32/h5-8,11-18,29H,3-4,9-10,19-21H2,1-2H3,(H,31,33). The number of esters is 1. The van der Waals surface area contributed by atoms with E-state index in [0.717, 1.165) is 35.3 Å². The highest BCUT2D eigenvalue weighted by atomic mass is 16.5. The van der Waals surface area contributed by atoms with Gasteiger partial charge in [0.05, 0.1) is 24.6 Å². The van der Waals surface area contributed by atoms with Crippen molar-refractivity contribution in [3.8, 4) is 0 Å². The lowest BCUT2D eigenvalue weighted by Gasteiger charge is -2.33. The lowest BCUT2D eigenvalue weighted by molar-refractivity contribution is -0.120. The highest BCUT2D eigenvalue weighted by Gasteiger charge is 2.24. The third-order valence-electron chi connectivity index (χ3n) is 6.58. The minimum absolute atomic E-state index is 0.0596. The molecule has 4 rings (SSSR count). The van der Waals surface area contributed by atoms with Gasteiger partial charge >= 0.3 is 5.97 Å². The Morgan fingerprint density at radius 3 is 2.23 bits per heavy atom. The Bertz CT molecular complexity index is 1150. The average molecular weight is 471 g/mol. The maximum Gasteiger partial charge on any atom is 0.338 e. The molecule has 1 fully saturated rings. The van der Waals surface area contributed by atoms with Gasteiger partial charge in [0, 0.05) is 24.3 Å². The van der Waals surface area contributed by atoms with E-state index >= 15 is 0 Å². The molecule has 1 unspecified atom stereocenters. The fourth-order valence-corrected chi connectivity index (χ4v) is 4.76. The van der Waals surface area contributed by atoms with Crippen LogP contribution in [0.25, 0.3) is 0 Å². The molecule has 3 aromatic rings. The zero-order valence-corrected chi connectivity index (χ0v) is 20.6. The van der Waals surface area contributed by atoms with E-state index in [1.807, 2.05) is 30.3 Å². The zero-order valence-electron chi connectivity index (χ0n) is 20.6. The summed E-state index contributed by atoms with van der Waals surface area (Å²) in [6.07, 6.45) is 3.89. The fourth-order valence-electron chi connectivity index (χ4n) is 4.76. The number of benzene rings is 3. The molecular formula is C30H34N2O3. The number of hydrogen-bond acceptors (Lipinski definition) is 4. The first-order chi connectivity index (χ1) is 17.1. The van der Waals surface area contributed by atoms with E-state index in [-0.39, 0.29) is 24.3 Å². The van der Waals surface area contributed by atoms with Gasteiger partial charge in [0.15, 0.2) is 0 Å². The van der Waals surface area contributed by atoms with Crippen LogP contribution >= 0.6 is 0 Å². The summed E-state index contributed by atoms with van der Waals surface area (Å²) in [4.78, 5) is 27.6. The molecule has 1 aliphatic heterocycles. The van der Waals surface area contributed by atoms with Crippen molar-refractivity contribution in [2.24, 2.45) is 0 Å². The number of anilines is 1. The third-order valence-corrected chi connectivity index (χ3v) is 6.58. The van der Waals surface area contributed by atoms with Crippen molar-refractivity contribution in [2.45, 2.75) is 45.6 Å². The minimum atomic E-state index is -0.350. The molecule has 1 heterocycles. The Balaban J connectivity index is 1.59. The largest absolute Gasteiger partial charge is 0.462 e. The molecule has 5 heteroatoms. The number of aryl methyl sites for hydroxylation is 1. The number of nitrogens with one attached hydrogen (secondary N) is 1. The monoisotopic (exact) mass is 470 g/mol. The third kappa shape index (κ3) is 6.10. The molecule has 5 nitrogen and oxygen atoms in total. The maximum atomic E-state index is 13.3. The maximum absolute atomic E-state index is 13.3. The molecule has 35 heavy (non-hydrogen) atoms. The minimum Gasteiger partial charge on any atom is -0.462 e. The smallest absolute Gasteiger partial charge is 0.338 e. The molecular weight excluding hydrogens is 436 g/mol. The molecule has 0 saturated carbocycles. The zero-order chi connectivity index (χ0) is 24.6. The molecule has 1 N–H and O–H groups in total. The lowest BCUT2D eigenvalue weighted by Crippen LogP contribution is -2.34. The van der Waals surface area contributed by atoms with Crippen molar-refractivity contribution < 1.29 is 14.3 Å². The quantitative estimate of drug-likeness (QED) is 0.435. The van der Waals surface area contributed by atoms with Crippen LogP contribution in [0.4, 0.5) is 5.69 Å².